The van der Waals surface area contributed by atoms with Gasteiger partial charge in [0.15, 0.2) is 0 Å². The minimum absolute atomic E-state index is 0.0265. The van der Waals surface area contributed by atoms with E-state index in [0.29, 0.717) is 30.1 Å². The molecule has 7 heteroatoms. The van der Waals surface area contributed by atoms with Crippen molar-refractivity contribution in [1.29, 1.82) is 0 Å². The zero-order valence-electron chi connectivity index (χ0n) is 11.8. The molecule has 1 N–H and O–H groups in total. The van der Waals surface area contributed by atoms with E-state index in [2.05, 4.69) is 5.32 Å². The Kier molecular flexibility index (Phi) is 5.14. The van der Waals surface area contributed by atoms with Crippen LogP contribution in [0.5, 0.6) is 0 Å². The normalized spacial score (nSPS) is 16.3. The lowest BCUT2D eigenvalue weighted by molar-refractivity contribution is -0.384. The summed E-state index contributed by atoms with van der Waals surface area (Å²) in [5.41, 5.74) is 0.712. The van der Waals surface area contributed by atoms with E-state index in [-0.39, 0.29) is 17.6 Å². The van der Waals surface area contributed by atoms with Crippen LogP contribution in [0.4, 0.5) is 5.69 Å². The first-order valence-electron chi connectivity index (χ1n) is 6.91. The van der Waals surface area contributed by atoms with Gasteiger partial charge in [-0.15, -0.1) is 0 Å². The van der Waals surface area contributed by atoms with Gasteiger partial charge in [0, 0.05) is 49.3 Å². The molecular weight excluding hydrogens is 294 g/mol. The van der Waals surface area contributed by atoms with Crippen LogP contribution in [0, 0.1) is 10.1 Å². The molecule has 1 amide bonds. The van der Waals surface area contributed by atoms with Crippen molar-refractivity contribution < 1.29 is 9.72 Å². The number of carbonyl (C=O) groups excluding carboxylic acids is 1. The number of likely N-dealkylation sites (tertiary alicyclic amines) is 1. The van der Waals surface area contributed by atoms with Crippen LogP contribution in [0.25, 0.3) is 0 Å². The van der Waals surface area contributed by atoms with Crippen molar-refractivity contribution in [3.8, 4) is 0 Å². The first-order valence-corrected chi connectivity index (χ1v) is 7.29. The van der Waals surface area contributed by atoms with E-state index in [1.54, 1.807) is 0 Å². The SMILES string of the molecule is CC(CN1CCCC1=O)NCc1cc([N+](=O)[O-])ccc1Cl. The minimum atomic E-state index is -0.438. The number of nitro groups is 1. The standard InChI is InChI=1S/C14H18ClN3O3/c1-10(9-17-6-2-3-14(17)19)16-8-11-7-12(18(20)21)4-5-13(11)15/h4-5,7,10,16H,2-3,6,8-9H2,1H3. The molecule has 6 nitrogen and oxygen atoms in total. The van der Waals surface area contributed by atoms with Crippen LogP contribution < -0.4 is 5.32 Å². The quantitative estimate of drug-likeness (QED) is 0.646. The lowest BCUT2D eigenvalue weighted by Gasteiger charge is -2.22. The molecular formula is C14H18ClN3O3. The molecule has 0 aliphatic carbocycles. The molecule has 21 heavy (non-hydrogen) atoms. The molecule has 1 aliphatic heterocycles. The summed E-state index contributed by atoms with van der Waals surface area (Å²) in [5.74, 6) is 0.192. The van der Waals surface area contributed by atoms with E-state index in [1.165, 1.54) is 18.2 Å². The van der Waals surface area contributed by atoms with Gasteiger partial charge in [-0.1, -0.05) is 11.6 Å². The molecule has 114 valence electrons. The van der Waals surface area contributed by atoms with Gasteiger partial charge in [0.05, 0.1) is 4.92 Å². The Hall–Kier alpha value is -1.66. The number of rotatable bonds is 6. The number of nitrogens with one attached hydrogen (secondary N) is 1. The molecule has 1 unspecified atom stereocenters. The van der Waals surface area contributed by atoms with Gasteiger partial charge in [-0.05, 0) is 25.0 Å². The van der Waals surface area contributed by atoms with Crippen LogP contribution in [0.15, 0.2) is 18.2 Å². The number of nitro benzene ring substituents is 1. The number of halogens is 1. The van der Waals surface area contributed by atoms with Gasteiger partial charge in [0.1, 0.15) is 0 Å². The minimum Gasteiger partial charge on any atom is -0.341 e. The van der Waals surface area contributed by atoms with Crippen LogP contribution in [-0.2, 0) is 11.3 Å². The maximum atomic E-state index is 11.6. The number of amides is 1. The maximum absolute atomic E-state index is 11.6. The Morgan fingerprint density at radius 3 is 2.90 bits per heavy atom. The lowest BCUT2D eigenvalue weighted by atomic mass is 10.2. The van der Waals surface area contributed by atoms with E-state index in [4.69, 9.17) is 11.6 Å². The fourth-order valence-electron chi connectivity index (χ4n) is 2.39. The average molecular weight is 312 g/mol. The highest BCUT2D eigenvalue weighted by molar-refractivity contribution is 6.31. The zero-order valence-corrected chi connectivity index (χ0v) is 12.6. The molecule has 0 radical (unpaired) electrons. The third-order valence-corrected chi connectivity index (χ3v) is 3.92. The Morgan fingerprint density at radius 2 is 2.29 bits per heavy atom. The van der Waals surface area contributed by atoms with Gasteiger partial charge < -0.3 is 10.2 Å². The van der Waals surface area contributed by atoms with Gasteiger partial charge in [0.2, 0.25) is 5.91 Å². The molecule has 0 bridgehead atoms. The summed E-state index contributed by atoms with van der Waals surface area (Å²) in [7, 11) is 0. The zero-order chi connectivity index (χ0) is 15.4. The lowest BCUT2D eigenvalue weighted by Crippen LogP contribution is -2.39. The van der Waals surface area contributed by atoms with Gasteiger partial charge in [0.25, 0.3) is 5.69 Å². The van der Waals surface area contributed by atoms with E-state index in [9.17, 15) is 14.9 Å². The number of carbonyl (C=O) groups is 1. The highest BCUT2D eigenvalue weighted by Crippen LogP contribution is 2.22. The van der Waals surface area contributed by atoms with E-state index < -0.39 is 4.92 Å². The molecule has 1 fully saturated rings. The number of hydrogen-bond donors (Lipinski definition) is 1. The van der Waals surface area contributed by atoms with Crippen LogP contribution in [-0.4, -0.2) is 34.9 Å². The average Bonchev–Trinajstić information content (AvgIpc) is 2.83. The number of hydrogen-bond acceptors (Lipinski definition) is 4. The van der Waals surface area contributed by atoms with Gasteiger partial charge in [-0.25, -0.2) is 0 Å². The third kappa shape index (κ3) is 4.15. The number of benzene rings is 1. The molecule has 1 saturated heterocycles. The van der Waals surface area contributed by atoms with Crippen molar-refractivity contribution in [3.63, 3.8) is 0 Å². The van der Waals surface area contributed by atoms with Crippen LogP contribution in [0.1, 0.15) is 25.3 Å². The first kappa shape index (κ1) is 15.7. The Bertz CT molecular complexity index is 550. The van der Waals surface area contributed by atoms with E-state index >= 15 is 0 Å². The van der Waals surface area contributed by atoms with E-state index in [0.717, 1.165) is 13.0 Å². The van der Waals surface area contributed by atoms with Crippen molar-refractivity contribution in [2.24, 2.45) is 0 Å². The molecule has 1 heterocycles. The van der Waals surface area contributed by atoms with Crippen molar-refractivity contribution in [2.75, 3.05) is 13.1 Å². The van der Waals surface area contributed by atoms with Crippen LogP contribution in [0.3, 0.4) is 0 Å². The Morgan fingerprint density at radius 1 is 1.52 bits per heavy atom. The highest BCUT2D eigenvalue weighted by atomic mass is 35.5. The summed E-state index contributed by atoms with van der Waals surface area (Å²) in [5, 5.41) is 14.5. The van der Waals surface area contributed by atoms with Crippen molar-refractivity contribution in [1.82, 2.24) is 10.2 Å². The van der Waals surface area contributed by atoms with Gasteiger partial charge >= 0.3 is 0 Å². The fourth-order valence-corrected chi connectivity index (χ4v) is 2.57. The van der Waals surface area contributed by atoms with Gasteiger partial charge in [-0.2, -0.15) is 0 Å². The molecule has 0 aromatic heterocycles. The summed E-state index contributed by atoms with van der Waals surface area (Å²) in [6.45, 7) is 3.87. The predicted octanol–water partition coefficient (Wildman–Crippen LogP) is 2.35. The van der Waals surface area contributed by atoms with Crippen molar-refractivity contribution in [3.05, 3.63) is 38.9 Å². The summed E-state index contributed by atoms with van der Waals surface area (Å²) in [4.78, 5) is 23.7. The Balaban J connectivity index is 1.91. The predicted molar refractivity (Wildman–Crippen MR) is 80.2 cm³/mol. The molecule has 1 aromatic rings. The van der Waals surface area contributed by atoms with E-state index in [1.807, 2.05) is 11.8 Å². The molecule has 1 atom stereocenters. The molecule has 0 spiro atoms. The second-order valence-corrected chi connectivity index (χ2v) is 5.67. The number of nitrogens with zero attached hydrogens (tertiary/aromatic N) is 2. The third-order valence-electron chi connectivity index (χ3n) is 3.55. The van der Waals surface area contributed by atoms with Crippen molar-refractivity contribution >= 4 is 23.2 Å². The highest BCUT2D eigenvalue weighted by Gasteiger charge is 2.21. The van der Waals surface area contributed by atoms with Crippen LogP contribution in [0.2, 0.25) is 5.02 Å². The van der Waals surface area contributed by atoms with Crippen molar-refractivity contribution in [2.45, 2.75) is 32.4 Å². The summed E-state index contributed by atoms with van der Waals surface area (Å²) < 4.78 is 0. The monoisotopic (exact) mass is 311 g/mol. The summed E-state index contributed by atoms with van der Waals surface area (Å²) >= 11 is 6.05. The first-order chi connectivity index (χ1) is 9.97. The molecule has 1 aromatic carbocycles. The second kappa shape index (κ2) is 6.87. The topological polar surface area (TPSA) is 75.5 Å². The maximum Gasteiger partial charge on any atom is 0.269 e. The molecule has 0 saturated carbocycles. The van der Waals surface area contributed by atoms with Crippen LogP contribution >= 0.6 is 11.6 Å². The number of non-ortho nitro benzene ring substituents is 1. The van der Waals surface area contributed by atoms with Gasteiger partial charge in [-0.3, -0.25) is 14.9 Å². The molecule has 1 aliphatic rings. The Labute approximate surface area is 128 Å². The second-order valence-electron chi connectivity index (χ2n) is 5.26. The summed E-state index contributed by atoms with van der Waals surface area (Å²) in [6, 6.07) is 4.49. The fraction of sp³-hybridized carbons (Fsp3) is 0.500. The smallest absolute Gasteiger partial charge is 0.269 e. The largest absolute Gasteiger partial charge is 0.341 e. The molecule has 2 rings (SSSR count). The summed E-state index contributed by atoms with van der Waals surface area (Å²) in [6.07, 6.45) is 1.55.